The Hall–Kier alpha value is -1.83. The molecule has 4 nitrogen and oxygen atoms in total. The van der Waals surface area contributed by atoms with Crippen molar-refractivity contribution in [3.05, 3.63) is 35.9 Å². The van der Waals surface area contributed by atoms with Crippen molar-refractivity contribution in [1.29, 1.82) is 0 Å². The summed E-state index contributed by atoms with van der Waals surface area (Å²) in [7, 11) is 0. The lowest BCUT2D eigenvalue weighted by Crippen LogP contribution is -2.45. The number of ether oxygens (including phenoxy) is 1. The van der Waals surface area contributed by atoms with Crippen molar-refractivity contribution in [3.8, 4) is 11.8 Å². The minimum absolute atomic E-state index is 0.490. The van der Waals surface area contributed by atoms with E-state index in [9.17, 15) is 9.90 Å². The van der Waals surface area contributed by atoms with Crippen molar-refractivity contribution >= 4 is 5.97 Å². The summed E-state index contributed by atoms with van der Waals surface area (Å²) in [6.07, 6.45) is -20.0. The molecular weight excluding hydrogens is 326 g/mol. The SMILES string of the molecule is [2H]C([2H])(C)N(CC#CCOC(=O)C(O)(c1ccccc1)C1([2H])C([2H])([2H])C([2H])([2H])C([2H])([2H])C([2H])([2H])C1([2H])[2H])C([2H])([2H])C. The Morgan fingerprint density at radius 1 is 1.31 bits per heavy atom. The van der Waals surface area contributed by atoms with Gasteiger partial charge >= 0.3 is 5.97 Å². The van der Waals surface area contributed by atoms with Crippen LogP contribution in [0, 0.1) is 17.7 Å². The fourth-order valence-electron chi connectivity index (χ4n) is 2.14. The molecule has 1 fully saturated rings. The molecule has 0 bridgehead atoms. The lowest BCUT2D eigenvalue weighted by atomic mass is 9.73. The van der Waals surface area contributed by atoms with Crippen molar-refractivity contribution in [2.75, 3.05) is 26.1 Å². The third-order valence-corrected chi connectivity index (χ3v) is 3.53. The summed E-state index contributed by atoms with van der Waals surface area (Å²) in [5, 5.41) is 11.8. The predicted octanol–water partition coefficient (Wildman–Crippen LogP) is 3.34. The summed E-state index contributed by atoms with van der Waals surface area (Å²) in [6.45, 7) is -3.50. The van der Waals surface area contributed by atoms with Gasteiger partial charge in [0.05, 0.1) is 6.54 Å². The molecule has 1 aliphatic rings. The van der Waals surface area contributed by atoms with Gasteiger partial charge in [0.25, 0.3) is 0 Å². The maximum atomic E-state index is 13.5. The molecule has 1 aromatic carbocycles. The summed E-state index contributed by atoms with van der Waals surface area (Å²) in [4.78, 5) is 14.2. The van der Waals surface area contributed by atoms with Crippen LogP contribution < -0.4 is 0 Å². The number of carbonyl (C=O) groups excluding carboxylic acids is 1. The van der Waals surface area contributed by atoms with Gasteiger partial charge in [-0.3, -0.25) is 4.90 Å². The Morgan fingerprint density at radius 3 is 2.58 bits per heavy atom. The van der Waals surface area contributed by atoms with Crippen molar-refractivity contribution in [1.82, 2.24) is 4.90 Å². The summed E-state index contributed by atoms with van der Waals surface area (Å²) >= 11 is 0. The Balaban J connectivity index is 2.67. The van der Waals surface area contributed by atoms with E-state index in [-0.39, 0.29) is 0 Å². The zero-order valence-electron chi connectivity index (χ0n) is 29.5. The molecular formula is C22H31NO3. The molecule has 0 saturated heterocycles. The van der Waals surface area contributed by atoms with E-state index in [0.29, 0.717) is 0 Å². The second-order valence-electron chi connectivity index (χ2n) is 5.04. The van der Waals surface area contributed by atoms with Gasteiger partial charge in [0, 0.05) is 26.5 Å². The quantitative estimate of drug-likeness (QED) is 0.589. The number of carbonyl (C=O) groups is 1. The topological polar surface area (TPSA) is 49.8 Å². The normalized spacial score (nSPS) is 37.8. The maximum Gasteiger partial charge on any atom is 0.344 e. The minimum Gasteiger partial charge on any atom is -0.450 e. The minimum atomic E-state index is -4.11. The average molecular weight is 373 g/mol. The largest absolute Gasteiger partial charge is 0.450 e. The molecule has 1 atom stereocenters. The van der Waals surface area contributed by atoms with Crippen molar-refractivity contribution in [3.63, 3.8) is 0 Å². The van der Waals surface area contributed by atoms with E-state index in [1.54, 1.807) is 0 Å². The molecule has 0 amide bonds. The lowest BCUT2D eigenvalue weighted by molar-refractivity contribution is -0.174. The van der Waals surface area contributed by atoms with Gasteiger partial charge in [-0.15, -0.1) is 0 Å². The van der Waals surface area contributed by atoms with E-state index in [1.165, 1.54) is 18.2 Å². The van der Waals surface area contributed by atoms with E-state index in [0.717, 1.165) is 30.9 Å². The average Bonchev–Trinajstić information content (AvgIpc) is 2.82. The van der Waals surface area contributed by atoms with Crippen LogP contribution in [0.3, 0.4) is 0 Å². The predicted molar refractivity (Wildman–Crippen MR) is 103 cm³/mol. The highest BCUT2D eigenvalue weighted by Crippen LogP contribution is 2.40. The standard InChI is InChI=1S/C22H31NO3/c1-3-23(4-2)17-11-12-18-26-21(24)22(25,19-13-7-5-8-14-19)20-15-9-6-10-16-20/h5,7-8,13-14,20,25H,3-4,6,9-10,15-18H2,1-2H3/i3D2,4D2,6D2,9D2,10D2,15D2,16D2,20D. The first-order valence-electron chi connectivity index (χ1n) is 15.3. The molecule has 1 aromatic rings. The van der Waals surface area contributed by atoms with Crippen molar-refractivity contribution < 1.29 is 35.2 Å². The number of benzene rings is 1. The number of nitrogens with zero attached hydrogens (tertiary/aromatic N) is 1. The van der Waals surface area contributed by atoms with Gasteiger partial charge in [-0.2, -0.15) is 0 Å². The monoisotopic (exact) mass is 372 g/mol. The fraction of sp³-hybridized carbons (Fsp3) is 0.591. The Labute approximate surface area is 178 Å². The highest BCUT2D eigenvalue weighted by atomic mass is 16.5. The van der Waals surface area contributed by atoms with Gasteiger partial charge in [0.15, 0.2) is 12.2 Å². The molecule has 0 aliphatic heterocycles. The maximum absolute atomic E-state index is 13.5. The molecule has 0 spiro atoms. The second kappa shape index (κ2) is 10.4. The summed E-state index contributed by atoms with van der Waals surface area (Å²) in [5.41, 5.74) is -4.44. The Bertz CT molecular complexity index is 1150. The van der Waals surface area contributed by atoms with E-state index in [2.05, 4.69) is 11.8 Å². The van der Waals surface area contributed by atoms with Crippen LogP contribution in [0.2, 0.25) is 0 Å². The third-order valence-electron chi connectivity index (χ3n) is 3.53. The van der Waals surface area contributed by atoms with Crippen LogP contribution in [-0.2, 0) is 15.1 Å². The second-order valence-corrected chi connectivity index (χ2v) is 5.04. The van der Waals surface area contributed by atoms with Crippen LogP contribution in [-0.4, -0.2) is 42.1 Å². The van der Waals surface area contributed by atoms with Crippen LogP contribution in [0.4, 0.5) is 0 Å². The van der Waals surface area contributed by atoms with Crippen LogP contribution in [0.5, 0.6) is 0 Å². The molecule has 0 radical (unpaired) electrons. The summed E-state index contributed by atoms with van der Waals surface area (Å²) in [6, 6.07) is 5.80. The number of aliphatic hydroxyl groups is 1. The van der Waals surface area contributed by atoms with Crippen LogP contribution in [0.25, 0.3) is 0 Å². The number of hydrogen-bond donors (Lipinski definition) is 1. The van der Waals surface area contributed by atoms with E-state index < -0.39 is 81.0 Å². The first kappa shape index (κ1) is 8.04. The smallest absolute Gasteiger partial charge is 0.344 e. The highest BCUT2D eigenvalue weighted by Gasteiger charge is 2.46. The molecule has 1 N–H and O–H groups in total. The van der Waals surface area contributed by atoms with Crippen molar-refractivity contribution in [2.45, 2.75) is 51.3 Å². The van der Waals surface area contributed by atoms with Crippen LogP contribution in [0.1, 0.15) is 71.8 Å². The summed E-state index contributed by atoms with van der Waals surface area (Å²) < 4.78 is 127. The molecule has 1 unspecified atom stereocenters. The van der Waals surface area contributed by atoms with Crippen LogP contribution in [0.15, 0.2) is 30.3 Å². The van der Waals surface area contributed by atoms with Gasteiger partial charge < -0.3 is 9.84 Å². The van der Waals surface area contributed by atoms with Crippen molar-refractivity contribution in [2.24, 2.45) is 5.89 Å². The summed E-state index contributed by atoms with van der Waals surface area (Å²) in [5.74, 6) is -1.36. The van der Waals surface area contributed by atoms with Gasteiger partial charge in [0.1, 0.15) is 0 Å². The molecule has 4 heteroatoms. The molecule has 142 valence electrons. The number of esters is 1. The molecule has 26 heavy (non-hydrogen) atoms. The van der Waals surface area contributed by atoms with Crippen LogP contribution >= 0.6 is 0 Å². The highest BCUT2D eigenvalue weighted by molar-refractivity contribution is 5.81. The molecule has 1 saturated carbocycles. The molecule has 0 aromatic heterocycles. The first-order valence-corrected chi connectivity index (χ1v) is 7.80. The lowest BCUT2D eigenvalue weighted by Gasteiger charge is -2.36. The van der Waals surface area contributed by atoms with E-state index >= 15 is 0 Å². The van der Waals surface area contributed by atoms with E-state index in [1.807, 2.05) is 0 Å². The molecule has 2 rings (SSSR count). The molecule has 0 heterocycles. The Kier molecular flexibility index (Phi) is 3.20. The first-order chi connectivity index (χ1) is 18.1. The number of rotatable bonds is 7. The fourth-order valence-corrected chi connectivity index (χ4v) is 2.14. The zero-order valence-corrected chi connectivity index (χ0v) is 14.5. The Morgan fingerprint density at radius 2 is 1.96 bits per heavy atom. The van der Waals surface area contributed by atoms with Gasteiger partial charge in [-0.1, -0.05) is 75.1 Å². The van der Waals surface area contributed by atoms with E-state index in [4.69, 9.17) is 25.3 Å². The third kappa shape index (κ3) is 5.09. The molecule has 1 aliphatic carbocycles. The van der Waals surface area contributed by atoms with Gasteiger partial charge in [-0.25, -0.2) is 4.79 Å². The number of hydrogen-bond acceptors (Lipinski definition) is 4. The zero-order chi connectivity index (χ0) is 32.3. The van der Waals surface area contributed by atoms with Gasteiger partial charge in [0.2, 0.25) is 0 Å². The van der Waals surface area contributed by atoms with Gasteiger partial charge in [-0.05, 0) is 31.3 Å².